The van der Waals surface area contributed by atoms with Crippen LogP contribution >= 0.6 is 15.9 Å². The average molecular weight is 363 g/mol. The standard InChI is InChI=1S/C11H11BrN2O5S/c1-5(9(15)14-11(13)18)20(19)6-2-3-8(12)7(4-6)10(16)17/h2-5H,1H3,(H,16,17)(H3,13,14,15,18). The summed E-state index contributed by atoms with van der Waals surface area (Å²) in [4.78, 5) is 33.2. The van der Waals surface area contributed by atoms with Gasteiger partial charge in [-0.15, -0.1) is 0 Å². The molecular weight excluding hydrogens is 352 g/mol. The number of rotatable bonds is 4. The maximum absolute atomic E-state index is 12.1. The monoisotopic (exact) mass is 362 g/mol. The van der Waals surface area contributed by atoms with E-state index in [9.17, 15) is 18.6 Å². The molecule has 0 radical (unpaired) electrons. The number of imide groups is 1. The highest BCUT2D eigenvalue weighted by Gasteiger charge is 2.23. The third kappa shape index (κ3) is 3.87. The summed E-state index contributed by atoms with van der Waals surface area (Å²) >= 11 is 3.06. The van der Waals surface area contributed by atoms with Crippen molar-refractivity contribution in [1.82, 2.24) is 5.32 Å². The van der Waals surface area contributed by atoms with Gasteiger partial charge in [-0.25, -0.2) is 9.59 Å². The van der Waals surface area contributed by atoms with Crippen LogP contribution in [0.25, 0.3) is 0 Å². The smallest absolute Gasteiger partial charge is 0.336 e. The number of hydrogen-bond donors (Lipinski definition) is 3. The lowest BCUT2D eigenvalue weighted by molar-refractivity contribution is -0.119. The number of carboxylic acids is 1. The van der Waals surface area contributed by atoms with Crippen LogP contribution in [0, 0.1) is 0 Å². The second-order valence-electron chi connectivity index (χ2n) is 3.74. The summed E-state index contributed by atoms with van der Waals surface area (Å²) in [6, 6.07) is 3.02. The van der Waals surface area contributed by atoms with E-state index in [0.29, 0.717) is 4.47 Å². The molecule has 3 amide bonds. The van der Waals surface area contributed by atoms with Crippen molar-refractivity contribution in [2.45, 2.75) is 17.1 Å². The van der Waals surface area contributed by atoms with Gasteiger partial charge < -0.3 is 10.8 Å². The molecule has 0 saturated carbocycles. The van der Waals surface area contributed by atoms with Crippen molar-refractivity contribution >= 4 is 44.6 Å². The molecule has 0 heterocycles. The summed E-state index contributed by atoms with van der Waals surface area (Å²) in [7, 11) is -1.81. The molecule has 0 saturated heterocycles. The summed E-state index contributed by atoms with van der Waals surface area (Å²) in [6.45, 7) is 1.34. The highest BCUT2D eigenvalue weighted by molar-refractivity contribution is 9.10. The molecule has 0 spiro atoms. The van der Waals surface area contributed by atoms with Crippen molar-refractivity contribution in [3.63, 3.8) is 0 Å². The number of primary amides is 1. The van der Waals surface area contributed by atoms with Crippen molar-refractivity contribution in [2.24, 2.45) is 5.73 Å². The second kappa shape index (κ2) is 6.62. The Kier molecular flexibility index (Phi) is 5.40. The third-order valence-electron chi connectivity index (χ3n) is 2.34. The molecular formula is C11H11BrN2O5S. The Morgan fingerprint density at radius 2 is 2.00 bits per heavy atom. The summed E-state index contributed by atoms with van der Waals surface area (Å²) in [5.41, 5.74) is 4.73. The van der Waals surface area contributed by atoms with E-state index < -0.39 is 34.0 Å². The Bertz CT molecular complexity index is 604. The molecule has 2 unspecified atom stereocenters. The second-order valence-corrected chi connectivity index (χ2v) is 6.37. The van der Waals surface area contributed by atoms with E-state index in [1.54, 1.807) is 0 Å². The minimum Gasteiger partial charge on any atom is -0.478 e. The van der Waals surface area contributed by atoms with Gasteiger partial charge in [0.1, 0.15) is 5.25 Å². The van der Waals surface area contributed by atoms with E-state index in [0.717, 1.165) is 0 Å². The molecule has 7 nitrogen and oxygen atoms in total. The first-order chi connectivity index (χ1) is 9.23. The lowest BCUT2D eigenvalue weighted by atomic mass is 10.2. The highest BCUT2D eigenvalue weighted by Crippen LogP contribution is 2.21. The molecule has 0 aliphatic carbocycles. The lowest BCUT2D eigenvalue weighted by Gasteiger charge is -2.11. The maximum atomic E-state index is 12.1. The van der Waals surface area contributed by atoms with Gasteiger partial charge >= 0.3 is 12.0 Å². The molecule has 1 rings (SSSR count). The van der Waals surface area contributed by atoms with Crippen LogP contribution < -0.4 is 11.1 Å². The van der Waals surface area contributed by atoms with Gasteiger partial charge in [-0.1, -0.05) is 0 Å². The van der Waals surface area contributed by atoms with Gasteiger partial charge in [0.15, 0.2) is 0 Å². The predicted octanol–water partition coefficient (Wildman–Crippen LogP) is 0.838. The molecule has 108 valence electrons. The first-order valence-corrected chi connectivity index (χ1v) is 7.28. The number of amides is 3. The van der Waals surface area contributed by atoms with Crippen LogP contribution in [0.2, 0.25) is 0 Å². The number of benzene rings is 1. The lowest BCUT2D eigenvalue weighted by Crippen LogP contribution is -2.42. The maximum Gasteiger partial charge on any atom is 0.336 e. The minimum absolute atomic E-state index is 0.0710. The molecule has 20 heavy (non-hydrogen) atoms. The SMILES string of the molecule is CC(C(=O)NC(N)=O)S(=O)c1ccc(Br)c(C(=O)O)c1. The van der Waals surface area contributed by atoms with E-state index in [2.05, 4.69) is 15.9 Å². The van der Waals surface area contributed by atoms with Crippen LogP contribution in [0.5, 0.6) is 0 Å². The van der Waals surface area contributed by atoms with Gasteiger partial charge in [0.25, 0.3) is 0 Å². The number of nitrogens with two attached hydrogens (primary N) is 1. The van der Waals surface area contributed by atoms with Crippen molar-refractivity contribution in [2.75, 3.05) is 0 Å². The molecule has 9 heteroatoms. The summed E-state index contributed by atoms with van der Waals surface area (Å²) in [5, 5.41) is 9.74. The molecule has 0 fully saturated rings. The Balaban J connectivity index is 3.03. The Hall–Kier alpha value is -1.74. The number of carbonyl (C=O) groups excluding carboxylic acids is 2. The first kappa shape index (κ1) is 16.3. The molecule has 0 bridgehead atoms. The predicted molar refractivity (Wildman–Crippen MR) is 74.7 cm³/mol. The van der Waals surface area contributed by atoms with E-state index >= 15 is 0 Å². The van der Waals surface area contributed by atoms with Gasteiger partial charge in [-0.2, -0.15) is 0 Å². The summed E-state index contributed by atoms with van der Waals surface area (Å²) in [6.07, 6.45) is 0. The number of nitrogens with one attached hydrogen (secondary N) is 1. The number of carboxylic acid groups (broad SMARTS) is 1. The fraction of sp³-hybridized carbons (Fsp3) is 0.182. The molecule has 1 aromatic carbocycles. The number of aromatic carboxylic acids is 1. The van der Waals surface area contributed by atoms with Crippen LogP contribution in [-0.2, 0) is 15.6 Å². The topological polar surface area (TPSA) is 127 Å². The Morgan fingerprint density at radius 1 is 1.40 bits per heavy atom. The molecule has 4 N–H and O–H groups in total. The summed E-state index contributed by atoms with van der Waals surface area (Å²) < 4.78 is 12.5. The van der Waals surface area contributed by atoms with Gasteiger partial charge in [-0.3, -0.25) is 14.3 Å². The van der Waals surface area contributed by atoms with Crippen LogP contribution in [0.4, 0.5) is 4.79 Å². The van der Waals surface area contributed by atoms with Crippen molar-refractivity contribution in [3.8, 4) is 0 Å². The van der Waals surface area contributed by atoms with E-state index in [1.165, 1.54) is 25.1 Å². The molecule has 0 aliphatic heterocycles. The zero-order valence-corrected chi connectivity index (χ0v) is 12.7. The van der Waals surface area contributed by atoms with Crippen LogP contribution in [0.1, 0.15) is 17.3 Å². The largest absolute Gasteiger partial charge is 0.478 e. The molecule has 0 aliphatic rings. The Labute approximate surface area is 125 Å². The van der Waals surface area contributed by atoms with Gasteiger partial charge in [0.05, 0.1) is 16.4 Å². The molecule has 2 atom stereocenters. The normalized spacial score (nSPS) is 13.3. The fourth-order valence-corrected chi connectivity index (χ4v) is 2.83. The fourth-order valence-electron chi connectivity index (χ4n) is 1.32. The van der Waals surface area contributed by atoms with Gasteiger partial charge in [0.2, 0.25) is 5.91 Å². The minimum atomic E-state index is -1.81. The van der Waals surface area contributed by atoms with E-state index in [-0.39, 0.29) is 10.5 Å². The first-order valence-electron chi connectivity index (χ1n) is 5.27. The van der Waals surface area contributed by atoms with Crippen LogP contribution in [0.15, 0.2) is 27.6 Å². The number of halogens is 1. The van der Waals surface area contributed by atoms with Crippen molar-refractivity contribution in [3.05, 3.63) is 28.2 Å². The van der Waals surface area contributed by atoms with Crippen LogP contribution in [0.3, 0.4) is 0 Å². The van der Waals surface area contributed by atoms with Gasteiger partial charge in [-0.05, 0) is 41.1 Å². The third-order valence-corrected chi connectivity index (χ3v) is 4.60. The zero-order chi connectivity index (χ0) is 15.4. The molecule has 0 aromatic heterocycles. The van der Waals surface area contributed by atoms with E-state index in [4.69, 9.17) is 10.8 Å². The summed E-state index contributed by atoms with van der Waals surface area (Å²) in [5.74, 6) is -1.99. The quantitative estimate of drug-likeness (QED) is 0.731. The average Bonchev–Trinajstić information content (AvgIpc) is 2.36. The number of carbonyl (C=O) groups is 3. The van der Waals surface area contributed by atoms with Gasteiger partial charge in [0, 0.05) is 9.37 Å². The van der Waals surface area contributed by atoms with Crippen molar-refractivity contribution in [1.29, 1.82) is 0 Å². The highest BCUT2D eigenvalue weighted by atomic mass is 79.9. The zero-order valence-electron chi connectivity index (χ0n) is 10.3. The van der Waals surface area contributed by atoms with Crippen molar-refractivity contribution < 1.29 is 23.7 Å². The molecule has 1 aromatic rings. The van der Waals surface area contributed by atoms with Crippen LogP contribution in [-0.4, -0.2) is 32.5 Å². The van der Waals surface area contributed by atoms with E-state index in [1.807, 2.05) is 5.32 Å². The number of urea groups is 1. The number of hydrogen-bond acceptors (Lipinski definition) is 4. The Morgan fingerprint density at radius 3 is 2.50 bits per heavy atom.